The van der Waals surface area contributed by atoms with Gasteiger partial charge in [-0.3, -0.25) is 0 Å². The van der Waals surface area contributed by atoms with Crippen molar-refractivity contribution in [2.75, 3.05) is 9.80 Å². The van der Waals surface area contributed by atoms with Gasteiger partial charge in [-0.1, -0.05) is 248 Å². The van der Waals surface area contributed by atoms with Gasteiger partial charge in [0.05, 0.1) is 16.5 Å². The normalized spacial score (nSPS) is 15.1. The van der Waals surface area contributed by atoms with Crippen LogP contribution in [0.2, 0.25) is 13.1 Å². The fraction of sp³-hybridized carbons (Fsp3) is 0.224. The Hall–Kier alpha value is -9.16. The third-order valence-electron chi connectivity index (χ3n) is 19.4. The van der Waals surface area contributed by atoms with Gasteiger partial charge in [-0.25, -0.2) is 0 Å². The molecule has 11 aromatic carbocycles. The first-order chi connectivity index (χ1) is 42.9. The number of nitrogens with zero attached hydrogens (tertiary/aromatic N) is 2. The summed E-state index contributed by atoms with van der Waals surface area (Å²) in [6.45, 7) is 32.6. The summed E-state index contributed by atoms with van der Waals surface area (Å²) in [6.07, 6.45) is 0. The lowest BCUT2D eigenvalue weighted by molar-refractivity contribution is 0.481. The molecule has 2 heterocycles. The minimum absolute atomic E-state index is 0.0191. The van der Waals surface area contributed by atoms with Crippen molar-refractivity contribution < 1.29 is 9.15 Å². The first-order valence-corrected chi connectivity index (χ1v) is 35.1. The molecule has 1 aliphatic carbocycles. The van der Waals surface area contributed by atoms with Gasteiger partial charge >= 0.3 is 0 Å². The molecule has 1 aliphatic heterocycles. The number of para-hydroxylation sites is 3. The van der Waals surface area contributed by atoms with Gasteiger partial charge in [0.25, 0.3) is 0 Å². The van der Waals surface area contributed by atoms with Crippen molar-refractivity contribution in [2.24, 2.45) is 0 Å². The van der Waals surface area contributed by atoms with Crippen LogP contribution in [0.15, 0.2) is 247 Å². The predicted molar refractivity (Wildman–Crippen MR) is 384 cm³/mol. The van der Waals surface area contributed by atoms with Gasteiger partial charge in [0.2, 0.25) is 0 Å². The maximum absolute atomic E-state index is 7.73. The summed E-state index contributed by atoms with van der Waals surface area (Å²) in [5, 5.41) is 4.99. The number of fused-ring (bicyclic) bond motifs is 11. The van der Waals surface area contributed by atoms with Gasteiger partial charge in [0.15, 0.2) is 0 Å². The second kappa shape index (κ2) is 21.2. The van der Waals surface area contributed by atoms with E-state index in [-0.39, 0.29) is 21.7 Å². The van der Waals surface area contributed by atoms with Crippen molar-refractivity contribution in [1.82, 2.24) is 0 Å². The fourth-order valence-corrected chi connectivity index (χ4v) is 18.0. The van der Waals surface area contributed by atoms with Crippen LogP contribution in [0.3, 0.4) is 0 Å². The molecule has 5 heteroatoms. The van der Waals surface area contributed by atoms with Crippen molar-refractivity contribution in [3.05, 3.63) is 287 Å². The van der Waals surface area contributed by atoms with E-state index in [0.29, 0.717) is 0 Å². The van der Waals surface area contributed by atoms with E-state index in [0.717, 1.165) is 78.6 Å². The second-order valence-electron chi connectivity index (χ2n) is 29.8. The highest BCUT2D eigenvalue weighted by atomic mass is 28.3. The lowest BCUT2D eigenvalue weighted by atomic mass is 9.66. The van der Waals surface area contributed by atoms with Crippen LogP contribution < -0.4 is 24.9 Å². The first kappa shape index (κ1) is 58.5. The van der Waals surface area contributed by atoms with E-state index in [1.807, 2.05) is 0 Å². The van der Waals surface area contributed by atoms with Crippen molar-refractivity contribution in [2.45, 2.75) is 123 Å². The predicted octanol–water partition coefficient (Wildman–Crippen LogP) is 22.7. The van der Waals surface area contributed by atoms with E-state index >= 15 is 0 Å². The number of hydrogen-bond acceptors (Lipinski definition) is 4. The molecule has 90 heavy (non-hydrogen) atoms. The van der Waals surface area contributed by atoms with Gasteiger partial charge < -0.3 is 19.0 Å². The van der Waals surface area contributed by atoms with Crippen LogP contribution in [-0.2, 0) is 27.1 Å². The summed E-state index contributed by atoms with van der Waals surface area (Å²) in [5.41, 5.74) is 21.9. The van der Waals surface area contributed by atoms with Crippen molar-refractivity contribution in [1.29, 1.82) is 0 Å². The van der Waals surface area contributed by atoms with Gasteiger partial charge in [-0.15, -0.1) is 0 Å². The van der Waals surface area contributed by atoms with E-state index in [1.165, 1.54) is 66.1 Å². The summed E-state index contributed by atoms with van der Waals surface area (Å²) in [7, 11) is -2.58. The highest BCUT2D eigenvalue weighted by Gasteiger charge is 2.54. The molecule has 0 saturated carbocycles. The number of anilines is 6. The lowest BCUT2D eigenvalue weighted by Gasteiger charge is -2.37. The summed E-state index contributed by atoms with van der Waals surface area (Å²) in [6, 6.07) is 91.2. The molecule has 14 rings (SSSR count). The van der Waals surface area contributed by atoms with Gasteiger partial charge in [0.1, 0.15) is 30.7 Å². The van der Waals surface area contributed by atoms with E-state index < -0.39 is 13.5 Å². The zero-order valence-corrected chi connectivity index (χ0v) is 55.8. The molecule has 12 aromatic rings. The molecule has 1 aromatic heterocycles. The van der Waals surface area contributed by atoms with Gasteiger partial charge in [-0.2, -0.15) is 0 Å². The quantitative estimate of drug-likeness (QED) is 0.128. The molecule has 4 nitrogen and oxygen atoms in total. The third kappa shape index (κ3) is 9.62. The smallest absolute Gasteiger partial charge is 0.145 e. The standard InChI is InChI=1S/C85H82N2O2Si/c1-81(2,3)55-33-35-59(36-34-55)85(60-43-51-66(52-44-60)88-65-49-41-58(42-50-65)84(10,11)12)69-54-72(87(62-27-19-16-20-28-62)64-47-39-57(40-48-64)83(7,8)9)80-76(68-30-22-24-32-74(68)90(80,13)14)77(69)78-70(85)53-71(75-67-29-21-23-31-73(67)89-79(75)78)86(61-25-17-15-18-26-61)63-45-37-56(38-46-63)82(4,5)6/h15-54H,1-14H3. The van der Waals surface area contributed by atoms with E-state index in [9.17, 15) is 0 Å². The Morgan fingerprint density at radius 1 is 0.378 bits per heavy atom. The van der Waals surface area contributed by atoms with E-state index in [1.54, 1.807) is 0 Å². The highest BCUT2D eigenvalue weighted by molar-refractivity contribution is 7.05. The zero-order valence-electron chi connectivity index (χ0n) is 54.8. The number of rotatable bonds is 10. The third-order valence-corrected chi connectivity index (χ3v) is 22.9. The molecule has 0 amide bonds. The SMILES string of the molecule is CC(C)(C)c1ccc(Oc2ccc(C3(c4ccc(C(C)(C)C)cc4)c4cc(N(c5ccccc5)c5ccc(C(C)(C)C)cc5)c5c(c4-c4c3cc(N(c3ccccc3)c3ccc(C(C)(C)C)cc3)c3c4oc4ccccc43)-c3ccccc3[Si]5(C)C)cc2)cc1. The number of ether oxygens (including phenoxy) is 1. The first-order valence-electron chi connectivity index (χ1n) is 32.1. The maximum atomic E-state index is 7.73. The van der Waals surface area contributed by atoms with E-state index in [4.69, 9.17) is 9.15 Å². The molecular weight excluding hydrogens is 1110 g/mol. The lowest BCUT2D eigenvalue weighted by Crippen LogP contribution is -2.50. The minimum Gasteiger partial charge on any atom is -0.457 e. The van der Waals surface area contributed by atoms with Crippen LogP contribution in [0.25, 0.3) is 44.2 Å². The molecular formula is C85H82N2O2Si. The Bertz CT molecular complexity index is 4690. The van der Waals surface area contributed by atoms with Crippen LogP contribution in [0.5, 0.6) is 11.5 Å². The molecule has 2 aliphatic rings. The van der Waals surface area contributed by atoms with Crippen LogP contribution in [0.4, 0.5) is 34.1 Å². The Balaban J connectivity index is 1.17. The van der Waals surface area contributed by atoms with Crippen molar-refractivity contribution in [3.8, 4) is 33.8 Å². The Morgan fingerprint density at radius 3 is 1.28 bits per heavy atom. The molecule has 0 N–H and O–H groups in total. The van der Waals surface area contributed by atoms with Gasteiger partial charge in [0, 0.05) is 39.4 Å². The molecule has 0 radical (unpaired) electrons. The molecule has 0 bridgehead atoms. The molecule has 448 valence electrons. The van der Waals surface area contributed by atoms with Crippen LogP contribution in [0.1, 0.15) is 128 Å². The Labute approximate surface area is 534 Å². The Morgan fingerprint density at radius 2 is 0.767 bits per heavy atom. The zero-order chi connectivity index (χ0) is 62.9. The average molecular weight is 1190 g/mol. The number of hydrogen-bond donors (Lipinski definition) is 0. The van der Waals surface area contributed by atoms with E-state index in [2.05, 4.69) is 349 Å². The maximum Gasteiger partial charge on any atom is 0.145 e. The van der Waals surface area contributed by atoms with Crippen molar-refractivity contribution >= 4 is 74.5 Å². The molecule has 0 fully saturated rings. The Kier molecular flexibility index (Phi) is 13.8. The second-order valence-corrected chi connectivity index (χ2v) is 34.1. The molecule has 0 spiro atoms. The topological polar surface area (TPSA) is 28.9 Å². The monoisotopic (exact) mass is 1190 g/mol. The van der Waals surface area contributed by atoms with Crippen LogP contribution in [0, 0.1) is 0 Å². The summed E-state index contributed by atoms with van der Waals surface area (Å²) in [5.74, 6) is 1.57. The summed E-state index contributed by atoms with van der Waals surface area (Å²) >= 11 is 0. The van der Waals surface area contributed by atoms with Crippen LogP contribution in [-0.4, -0.2) is 8.07 Å². The number of benzene rings is 11. The molecule has 1 unspecified atom stereocenters. The minimum atomic E-state index is -2.58. The summed E-state index contributed by atoms with van der Waals surface area (Å²) < 4.78 is 14.6. The van der Waals surface area contributed by atoms with Crippen LogP contribution >= 0.6 is 0 Å². The highest BCUT2D eigenvalue weighted by Crippen LogP contribution is 2.64. The average Bonchev–Trinajstić information content (AvgIpc) is 1.39. The largest absolute Gasteiger partial charge is 0.457 e. The molecule has 1 atom stereocenters. The van der Waals surface area contributed by atoms with Crippen molar-refractivity contribution in [3.63, 3.8) is 0 Å². The fourth-order valence-electron chi connectivity index (χ4n) is 14.6. The van der Waals surface area contributed by atoms with Gasteiger partial charge in [-0.05, 0) is 184 Å². The molecule has 0 saturated heterocycles. The number of furan rings is 1. The summed E-state index contributed by atoms with van der Waals surface area (Å²) in [4.78, 5) is 5.06.